The average molecular weight is 281 g/mol. The fraction of sp³-hybridized carbons (Fsp3) is 0.188. The van der Waals surface area contributed by atoms with Gasteiger partial charge in [-0.1, -0.05) is 13.0 Å². The molecule has 0 unspecified atom stereocenters. The molecule has 1 amide bonds. The molecule has 0 saturated carbocycles. The van der Waals surface area contributed by atoms with E-state index in [0.717, 1.165) is 6.42 Å². The van der Waals surface area contributed by atoms with Crippen molar-refractivity contribution in [3.05, 3.63) is 53.7 Å². The van der Waals surface area contributed by atoms with E-state index in [9.17, 15) is 4.79 Å². The molecular formula is C16H15N3O2. The van der Waals surface area contributed by atoms with Gasteiger partial charge in [-0.2, -0.15) is 5.26 Å². The van der Waals surface area contributed by atoms with Gasteiger partial charge in [0.1, 0.15) is 17.6 Å². The summed E-state index contributed by atoms with van der Waals surface area (Å²) in [6.07, 6.45) is 2.32. The van der Waals surface area contributed by atoms with Crippen LogP contribution < -0.4 is 10.1 Å². The number of hydrogen-bond acceptors (Lipinski definition) is 4. The molecule has 0 radical (unpaired) electrons. The Hall–Kier alpha value is -2.87. The highest BCUT2D eigenvalue weighted by atomic mass is 16.5. The molecule has 0 aliphatic carbocycles. The van der Waals surface area contributed by atoms with E-state index in [1.807, 2.05) is 19.1 Å². The van der Waals surface area contributed by atoms with E-state index in [0.29, 0.717) is 29.3 Å². The second-order valence-electron chi connectivity index (χ2n) is 4.37. The molecule has 0 atom stereocenters. The first-order valence-electron chi connectivity index (χ1n) is 6.63. The first kappa shape index (κ1) is 14.5. The molecule has 1 heterocycles. The zero-order chi connectivity index (χ0) is 15.1. The smallest absolute Gasteiger partial charge is 0.256 e. The number of ether oxygens (including phenoxy) is 1. The average Bonchev–Trinajstić information content (AvgIpc) is 2.54. The topological polar surface area (TPSA) is 75.0 Å². The van der Waals surface area contributed by atoms with Gasteiger partial charge in [0.25, 0.3) is 5.91 Å². The highest BCUT2D eigenvalue weighted by Gasteiger charge is 2.08. The predicted octanol–water partition coefficient (Wildman–Crippen LogP) is 2.99. The molecule has 2 aromatic rings. The maximum Gasteiger partial charge on any atom is 0.256 e. The van der Waals surface area contributed by atoms with Gasteiger partial charge in [-0.25, -0.2) is 4.98 Å². The number of pyridine rings is 1. The van der Waals surface area contributed by atoms with Gasteiger partial charge in [-0.3, -0.25) is 4.79 Å². The third-order valence-corrected chi connectivity index (χ3v) is 2.70. The molecule has 0 aliphatic rings. The van der Waals surface area contributed by atoms with Crippen molar-refractivity contribution < 1.29 is 9.53 Å². The minimum atomic E-state index is -0.269. The van der Waals surface area contributed by atoms with Crippen molar-refractivity contribution in [1.82, 2.24) is 4.98 Å². The van der Waals surface area contributed by atoms with Gasteiger partial charge in [-0.15, -0.1) is 0 Å². The Labute approximate surface area is 123 Å². The summed E-state index contributed by atoms with van der Waals surface area (Å²) in [5.74, 6) is 0.797. The number of aromatic nitrogens is 1. The number of carbonyl (C=O) groups excluding carboxylic acids is 1. The van der Waals surface area contributed by atoms with Crippen molar-refractivity contribution in [2.75, 3.05) is 11.9 Å². The Morgan fingerprint density at radius 1 is 1.38 bits per heavy atom. The molecule has 1 N–H and O–H groups in total. The minimum Gasteiger partial charge on any atom is -0.494 e. The van der Waals surface area contributed by atoms with Gasteiger partial charge >= 0.3 is 0 Å². The number of nitrogens with zero attached hydrogens (tertiary/aromatic N) is 2. The molecule has 0 fully saturated rings. The maximum absolute atomic E-state index is 12.1. The van der Waals surface area contributed by atoms with Crippen LogP contribution in [0.2, 0.25) is 0 Å². The van der Waals surface area contributed by atoms with Crippen LogP contribution in [0.25, 0.3) is 0 Å². The SMILES string of the molecule is CCCOc1cccc(C(=O)Nc2ccc(C#N)cn2)c1. The Kier molecular flexibility index (Phi) is 4.89. The van der Waals surface area contributed by atoms with Crippen molar-refractivity contribution in [3.63, 3.8) is 0 Å². The van der Waals surface area contributed by atoms with E-state index in [1.165, 1.54) is 6.20 Å². The highest BCUT2D eigenvalue weighted by Crippen LogP contribution is 2.15. The van der Waals surface area contributed by atoms with Gasteiger partial charge in [0.15, 0.2) is 0 Å². The lowest BCUT2D eigenvalue weighted by Crippen LogP contribution is -2.13. The van der Waals surface area contributed by atoms with Crippen molar-refractivity contribution in [2.45, 2.75) is 13.3 Å². The molecule has 0 bridgehead atoms. The van der Waals surface area contributed by atoms with Crippen molar-refractivity contribution >= 4 is 11.7 Å². The summed E-state index contributed by atoms with van der Waals surface area (Å²) >= 11 is 0. The molecule has 106 valence electrons. The van der Waals surface area contributed by atoms with Gasteiger partial charge in [0.2, 0.25) is 0 Å². The molecule has 0 aliphatic heterocycles. The molecule has 5 nitrogen and oxygen atoms in total. The number of carbonyl (C=O) groups is 1. The Morgan fingerprint density at radius 2 is 2.24 bits per heavy atom. The largest absolute Gasteiger partial charge is 0.494 e. The number of nitriles is 1. The lowest BCUT2D eigenvalue weighted by Gasteiger charge is -2.07. The molecule has 2 rings (SSSR count). The summed E-state index contributed by atoms with van der Waals surface area (Å²) in [5.41, 5.74) is 0.942. The standard InChI is InChI=1S/C16H15N3O2/c1-2-8-21-14-5-3-4-13(9-14)16(20)19-15-7-6-12(10-17)11-18-15/h3-7,9,11H,2,8H2,1H3,(H,18,19,20). The van der Waals surface area contributed by atoms with Crippen molar-refractivity contribution in [3.8, 4) is 11.8 Å². The van der Waals surface area contributed by atoms with Crippen LogP contribution in [0.15, 0.2) is 42.6 Å². The van der Waals surface area contributed by atoms with E-state index in [1.54, 1.807) is 30.3 Å². The molecule has 1 aromatic carbocycles. The van der Waals surface area contributed by atoms with Crippen LogP contribution in [-0.4, -0.2) is 17.5 Å². The van der Waals surface area contributed by atoms with Crippen molar-refractivity contribution in [1.29, 1.82) is 5.26 Å². The fourth-order valence-corrected chi connectivity index (χ4v) is 1.67. The molecule has 0 spiro atoms. The predicted molar refractivity (Wildman–Crippen MR) is 79.1 cm³/mol. The van der Waals surface area contributed by atoms with Gasteiger partial charge in [-0.05, 0) is 36.8 Å². The highest BCUT2D eigenvalue weighted by molar-refractivity contribution is 6.03. The van der Waals surface area contributed by atoms with E-state index in [-0.39, 0.29) is 5.91 Å². The third-order valence-electron chi connectivity index (χ3n) is 2.70. The fourth-order valence-electron chi connectivity index (χ4n) is 1.67. The molecule has 5 heteroatoms. The summed E-state index contributed by atoms with van der Waals surface area (Å²) in [7, 11) is 0. The van der Waals surface area contributed by atoms with Gasteiger partial charge in [0.05, 0.1) is 12.2 Å². The third kappa shape index (κ3) is 4.05. The summed E-state index contributed by atoms with van der Waals surface area (Å²) in [6, 6.07) is 12.1. The second-order valence-corrected chi connectivity index (χ2v) is 4.37. The zero-order valence-corrected chi connectivity index (χ0v) is 11.7. The number of nitrogens with one attached hydrogen (secondary N) is 1. The molecule has 21 heavy (non-hydrogen) atoms. The van der Waals surface area contributed by atoms with E-state index >= 15 is 0 Å². The van der Waals surface area contributed by atoms with Crippen LogP contribution in [0.1, 0.15) is 29.3 Å². The van der Waals surface area contributed by atoms with Crippen molar-refractivity contribution in [2.24, 2.45) is 0 Å². The van der Waals surface area contributed by atoms with Crippen LogP contribution >= 0.6 is 0 Å². The minimum absolute atomic E-state index is 0.269. The second kappa shape index (κ2) is 7.06. The van der Waals surface area contributed by atoms with E-state index in [2.05, 4.69) is 10.3 Å². The molecule has 1 aromatic heterocycles. The Balaban J connectivity index is 2.07. The number of benzene rings is 1. The van der Waals surface area contributed by atoms with Crippen LogP contribution in [0, 0.1) is 11.3 Å². The number of rotatable bonds is 5. The Bertz CT molecular complexity index is 660. The normalized spacial score (nSPS) is 9.71. The van der Waals surface area contributed by atoms with E-state index in [4.69, 9.17) is 10.00 Å². The first-order valence-corrected chi connectivity index (χ1v) is 6.63. The summed E-state index contributed by atoms with van der Waals surface area (Å²) < 4.78 is 5.49. The number of amides is 1. The van der Waals surface area contributed by atoms with E-state index < -0.39 is 0 Å². The first-order chi connectivity index (χ1) is 10.2. The molecule has 0 saturated heterocycles. The summed E-state index contributed by atoms with van der Waals surface area (Å²) in [4.78, 5) is 16.1. The molecular weight excluding hydrogens is 266 g/mol. The maximum atomic E-state index is 12.1. The quantitative estimate of drug-likeness (QED) is 0.914. The van der Waals surface area contributed by atoms with Crippen LogP contribution in [0.5, 0.6) is 5.75 Å². The Morgan fingerprint density at radius 3 is 2.90 bits per heavy atom. The summed E-state index contributed by atoms with van der Waals surface area (Å²) in [6.45, 7) is 2.63. The lowest BCUT2D eigenvalue weighted by atomic mass is 10.2. The zero-order valence-electron chi connectivity index (χ0n) is 11.7. The number of anilines is 1. The van der Waals surface area contributed by atoms with Crippen LogP contribution in [0.3, 0.4) is 0 Å². The summed E-state index contributed by atoms with van der Waals surface area (Å²) in [5, 5.41) is 11.4. The van der Waals surface area contributed by atoms with Gasteiger partial charge in [0, 0.05) is 11.8 Å². The lowest BCUT2D eigenvalue weighted by molar-refractivity contribution is 0.102. The van der Waals surface area contributed by atoms with Gasteiger partial charge < -0.3 is 10.1 Å². The number of hydrogen-bond donors (Lipinski definition) is 1. The monoisotopic (exact) mass is 281 g/mol. The van der Waals surface area contributed by atoms with Crippen LogP contribution in [0.4, 0.5) is 5.82 Å². The van der Waals surface area contributed by atoms with Crippen LogP contribution in [-0.2, 0) is 0 Å².